The fraction of sp³-hybridized carbons (Fsp3) is 0.692. The van der Waals surface area contributed by atoms with Gasteiger partial charge in [0.05, 0.1) is 11.8 Å². The first kappa shape index (κ1) is 14.7. The number of rotatable bonds is 6. The molecule has 0 aromatic carbocycles. The van der Waals surface area contributed by atoms with Crippen molar-refractivity contribution < 1.29 is 9.90 Å². The fourth-order valence-electron chi connectivity index (χ4n) is 1.88. The van der Waals surface area contributed by atoms with Gasteiger partial charge in [0.2, 0.25) is 5.91 Å². The summed E-state index contributed by atoms with van der Waals surface area (Å²) < 4.78 is 1.84. The molecule has 5 heteroatoms. The average molecular weight is 253 g/mol. The molecule has 0 aliphatic heterocycles. The summed E-state index contributed by atoms with van der Waals surface area (Å²) in [4.78, 5) is 11.6. The summed E-state index contributed by atoms with van der Waals surface area (Å²) in [7, 11) is 1.91. The zero-order valence-corrected chi connectivity index (χ0v) is 11.7. The summed E-state index contributed by atoms with van der Waals surface area (Å²) in [5.41, 5.74) is 3.23. The van der Waals surface area contributed by atoms with Crippen LogP contribution in [0.15, 0.2) is 0 Å². The molecule has 0 aliphatic rings. The van der Waals surface area contributed by atoms with Crippen LogP contribution >= 0.6 is 0 Å². The highest BCUT2D eigenvalue weighted by molar-refractivity contribution is 5.76. The molecule has 0 spiro atoms. The molecule has 18 heavy (non-hydrogen) atoms. The van der Waals surface area contributed by atoms with Crippen molar-refractivity contribution in [3.05, 3.63) is 17.0 Å². The maximum Gasteiger partial charge on any atom is 0.220 e. The van der Waals surface area contributed by atoms with Crippen LogP contribution in [0.3, 0.4) is 0 Å². The van der Waals surface area contributed by atoms with Gasteiger partial charge in [-0.2, -0.15) is 5.10 Å². The van der Waals surface area contributed by atoms with Crippen molar-refractivity contribution in [2.75, 3.05) is 6.54 Å². The molecule has 102 valence electrons. The van der Waals surface area contributed by atoms with Gasteiger partial charge in [-0.3, -0.25) is 9.48 Å². The third-order valence-electron chi connectivity index (χ3n) is 3.27. The third-order valence-corrected chi connectivity index (χ3v) is 3.27. The van der Waals surface area contributed by atoms with Crippen molar-refractivity contribution in [2.45, 2.75) is 46.1 Å². The number of aliphatic hydroxyl groups excluding tert-OH is 1. The van der Waals surface area contributed by atoms with Crippen LogP contribution in [0.1, 0.15) is 36.7 Å². The smallest absolute Gasteiger partial charge is 0.220 e. The Hall–Kier alpha value is -1.36. The molecule has 1 unspecified atom stereocenters. The number of carbonyl (C=O) groups is 1. The van der Waals surface area contributed by atoms with E-state index in [9.17, 15) is 9.90 Å². The molecule has 1 amide bonds. The Morgan fingerprint density at radius 2 is 2.17 bits per heavy atom. The van der Waals surface area contributed by atoms with Crippen LogP contribution in [-0.4, -0.2) is 33.4 Å². The third kappa shape index (κ3) is 3.84. The normalized spacial score (nSPS) is 12.5. The number of aromatic nitrogens is 2. The monoisotopic (exact) mass is 253 g/mol. The number of amides is 1. The maximum absolute atomic E-state index is 11.6. The minimum Gasteiger partial charge on any atom is -0.391 e. The fourth-order valence-corrected chi connectivity index (χ4v) is 1.88. The van der Waals surface area contributed by atoms with Crippen molar-refractivity contribution in [1.82, 2.24) is 15.1 Å². The van der Waals surface area contributed by atoms with Crippen LogP contribution < -0.4 is 5.32 Å². The number of carbonyl (C=O) groups excluding carboxylic acids is 1. The van der Waals surface area contributed by atoms with Crippen molar-refractivity contribution in [2.24, 2.45) is 7.05 Å². The van der Waals surface area contributed by atoms with E-state index in [1.54, 1.807) is 0 Å². The Labute approximate surface area is 108 Å². The Balaban J connectivity index is 2.43. The van der Waals surface area contributed by atoms with Crippen LogP contribution in [0, 0.1) is 13.8 Å². The van der Waals surface area contributed by atoms with Gasteiger partial charge in [0.1, 0.15) is 0 Å². The molecule has 1 heterocycles. The van der Waals surface area contributed by atoms with Gasteiger partial charge >= 0.3 is 0 Å². The van der Waals surface area contributed by atoms with Gasteiger partial charge in [-0.15, -0.1) is 0 Å². The van der Waals surface area contributed by atoms with Crippen molar-refractivity contribution >= 4 is 5.91 Å². The Morgan fingerprint density at radius 1 is 1.50 bits per heavy atom. The van der Waals surface area contributed by atoms with Crippen molar-refractivity contribution in [3.63, 3.8) is 0 Å². The van der Waals surface area contributed by atoms with E-state index in [-0.39, 0.29) is 5.91 Å². The summed E-state index contributed by atoms with van der Waals surface area (Å²) in [6.45, 7) is 6.19. The van der Waals surface area contributed by atoms with Crippen LogP contribution in [0.5, 0.6) is 0 Å². The summed E-state index contributed by atoms with van der Waals surface area (Å²) >= 11 is 0. The second-order valence-electron chi connectivity index (χ2n) is 4.64. The van der Waals surface area contributed by atoms with Gasteiger partial charge in [-0.1, -0.05) is 6.92 Å². The van der Waals surface area contributed by atoms with E-state index in [4.69, 9.17) is 0 Å². The van der Waals surface area contributed by atoms with E-state index in [0.29, 0.717) is 25.8 Å². The number of nitrogens with one attached hydrogen (secondary N) is 1. The molecule has 2 N–H and O–H groups in total. The molecule has 0 fully saturated rings. The summed E-state index contributed by atoms with van der Waals surface area (Å²) in [5.74, 6) is -0.0230. The minimum absolute atomic E-state index is 0.0230. The molecular formula is C13H23N3O2. The van der Waals surface area contributed by atoms with E-state index >= 15 is 0 Å². The van der Waals surface area contributed by atoms with E-state index < -0.39 is 6.10 Å². The number of aliphatic hydroxyl groups is 1. The van der Waals surface area contributed by atoms with Crippen molar-refractivity contribution in [3.8, 4) is 0 Å². The maximum atomic E-state index is 11.6. The lowest BCUT2D eigenvalue weighted by Gasteiger charge is -2.09. The molecule has 0 aliphatic carbocycles. The molecule has 1 aromatic heterocycles. The standard InChI is InChI=1S/C13H23N3O2/c1-5-11(17)8-14-13(18)7-6-12-9(2)15-16(4)10(12)3/h11,17H,5-8H2,1-4H3,(H,14,18). The predicted octanol–water partition coefficient (Wildman–Crippen LogP) is 0.857. The molecular weight excluding hydrogens is 230 g/mol. The minimum atomic E-state index is -0.448. The lowest BCUT2D eigenvalue weighted by atomic mass is 10.1. The predicted molar refractivity (Wildman–Crippen MR) is 70.3 cm³/mol. The number of hydrogen-bond acceptors (Lipinski definition) is 3. The topological polar surface area (TPSA) is 67.2 Å². The van der Waals surface area contributed by atoms with Crippen LogP contribution in [0.25, 0.3) is 0 Å². The van der Waals surface area contributed by atoms with Gasteiger partial charge in [0.25, 0.3) is 0 Å². The van der Waals surface area contributed by atoms with Gasteiger partial charge in [0, 0.05) is 25.7 Å². The van der Waals surface area contributed by atoms with Crippen LogP contribution in [-0.2, 0) is 18.3 Å². The average Bonchev–Trinajstić information content (AvgIpc) is 2.58. The first-order valence-electron chi connectivity index (χ1n) is 6.39. The van der Waals surface area contributed by atoms with E-state index in [2.05, 4.69) is 10.4 Å². The lowest BCUT2D eigenvalue weighted by molar-refractivity contribution is -0.121. The molecule has 1 atom stereocenters. The van der Waals surface area contributed by atoms with Crippen molar-refractivity contribution in [1.29, 1.82) is 0 Å². The summed E-state index contributed by atoms with van der Waals surface area (Å²) in [6.07, 6.45) is 1.33. The van der Waals surface area contributed by atoms with E-state index in [1.165, 1.54) is 0 Å². The van der Waals surface area contributed by atoms with Gasteiger partial charge in [-0.25, -0.2) is 0 Å². The van der Waals surface area contributed by atoms with Gasteiger partial charge in [-0.05, 0) is 32.3 Å². The zero-order valence-electron chi connectivity index (χ0n) is 11.7. The molecule has 1 rings (SSSR count). The molecule has 0 saturated heterocycles. The first-order chi connectivity index (χ1) is 8.45. The van der Waals surface area contributed by atoms with Crippen LogP contribution in [0.2, 0.25) is 0 Å². The Kier molecular flexibility index (Phi) is 5.34. The first-order valence-corrected chi connectivity index (χ1v) is 6.39. The van der Waals surface area contributed by atoms with Gasteiger partial charge < -0.3 is 10.4 Å². The van der Waals surface area contributed by atoms with E-state index in [1.807, 2.05) is 32.5 Å². The highest BCUT2D eigenvalue weighted by Crippen LogP contribution is 2.13. The Bertz CT molecular complexity index is 413. The second-order valence-corrected chi connectivity index (χ2v) is 4.64. The second kappa shape index (κ2) is 6.54. The SMILES string of the molecule is CCC(O)CNC(=O)CCc1c(C)nn(C)c1C. The molecule has 0 bridgehead atoms. The molecule has 1 aromatic rings. The number of nitrogens with zero attached hydrogens (tertiary/aromatic N) is 2. The van der Waals surface area contributed by atoms with Gasteiger partial charge in [0.15, 0.2) is 0 Å². The van der Waals surface area contributed by atoms with E-state index in [0.717, 1.165) is 17.0 Å². The highest BCUT2D eigenvalue weighted by Gasteiger charge is 2.11. The number of aryl methyl sites for hydroxylation is 2. The zero-order chi connectivity index (χ0) is 13.7. The highest BCUT2D eigenvalue weighted by atomic mass is 16.3. The Morgan fingerprint density at radius 3 is 2.67 bits per heavy atom. The summed E-state index contributed by atoms with van der Waals surface area (Å²) in [5, 5.41) is 16.4. The molecule has 5 nitrogen and oxygen atoms in total. The number of hydrogen-bond donors (Lipinski definition) is 2. The lowest BCUT2D eigenvalue weighted by Crippen LogP contribution is -2.31. The quantitative estimate of drug-likeness (QED) is 0.790. The largest absolute Gasteiger partial charge is 0.391 e. The summed E-state index contributed by atoms with van der Waals surface area (Å²) in [6, 6.07) is 0. The molecule has 0 saturated carbocycles. The van der Waals surface area contributed by atoms with Crippen LogP contribution in [0.4, 0.5) is 0 Å². The molecule has 0 radical (unpaired) electrons.